The summed E-state index contributed by atoms with van der Waals surface area (Å²) in [6, 6.07) is 0. The number of rotatable bonds is 6. The quantitative estimate of drug-likeness (QED) is 0.815. The van der Waals surface area contributed by atoms with Gasteiger partial charge in [-0.05, 0) is 25.8 Å². The van der Waals surface area contributed by atoms with Crippen molar-refractivity contribution in [3.63, 3.8) is 0 Å². The van der Waals surface area contributed by atoms with Crippen molar-refractivity contribution in [3.8, 4) is 0 Å². The van der Waals surface area contributed by atoms with Gasteiger partial charge < -0.3 is 10.3 Å². The topological polar surface area (TPSA) is 73.0 Å². The second-order valence-electron chi connectivity index (χ2n) is 7.71. The predicted octanol–water partition coefficient (Wildman–Crippen LogP) is 2.39. The monoisotopic (exact) mass is 369 g/mol. The number of likely N-dealkylation sites (tertiary alicyclic amines) is 1. The fourth-order valence-electron chi connectivity index (χ4n) is 4.64. The molecule has 1 spiro atoms. The highest BCUT2D eigenvalue weighted by Gasteiger charge is 2.45. The van der Waals surface area contributed by atoms with Gasteiger partial charge in [-0.15, -0.1) is 0 Å². The maximum Gasteiger partial charge on any atom is 0.222 e. The molecule has 0 radical (unpaired) electrons. The Labute approximate surface area is 161 Å². The summed E-state index contributed by atoms with van der Waals surface area (Å²) in [7, 11) is 0. The Balaban J connectivity index is 1.40. The standard InChI is InChI=1S/C20H31N7/c1-3-8-21-19-22-12-16(13-23-19)14-26-10-6-20(7-11-26)18-17(24-15-25-18)5-9-27(20)4-2/h12-13,15H,3-11,14H2,1-2H3,(H,24,25)(H,21,22,23). The molecule has 2 aliphatic rings. The lowest BCUT2D eigenvalue weighted by atomic mass is 9.78. The second kappa shape index (κ2) is 7.94. The molecule has 1 saturated heterocycles. The molecule has 0 unspecified atom stereocenters. The van der Waals surface area contributed by atoms with Gasteiger partial charge >= 0.3 is 0 Å². The van der Waals surface area contributed by atoms with Crippen molar-refractivity contribution in [1.29, 1.82) is 0 Å². The molecule has 7 nitrogen and oxygen atoms in total. The normalized spacial score (nSPS) is 19.9. The second-order valence-corrected chi connectivity index (χ2v) is 7.71. The highest BCUT2D eigenvalue weighted by Crippen LogP contribution is 2.42. The van der Waals surface area contributed by atoms with Crippen molar-refractivity contribution in [2.24, 2.45) is 0 Å². The molecule has 27 heavy (non-hydrogen) atoms. The predicted molar refractivity (Wildman–Crippen MR) is 107 cm³/mol. The number of hydrogen-bond acceptors (Lipinski definition) is 6. The molecule has 2 aromatic rings. The third kappa shape index (κ3) is 3.58. The number of piperidine rings is 1. The Bertz CT molecular complexity index is 731. The molecular formula is C20H31N7. The van der Waals surface area contributed by atoms with Gasteiger partial charge in [-0.25, -0.2) is 15.0 Å². The van der Waals surface area contributed by atoms with Crippen LogP contribution < -0.4 is 5.32 Å². The minimum Gasteiger partial charge on any atom is -0.354 e. The van der Waals surface area contributed by atoms with Crippen LogP contribution in [0.5, 0.6) is 0 Å². The molecule has 2 N–H and O–H groups in total. The van der Waals surface area contributed by atoms with Crippen molar-refractivity contribution >= 4 is 5.95 Å². The van der Waals surface area contributed by atoms with Crippen molar-refractivity contribution in [1.82, 2.24) is 29.7 Å². The van der Waals surface area contributed by atoms with Crippen molar-refractivity contribution in [3.05, 3.63) is 35.7 Å². The van der Waals surface area contributed by atoms with Crippen molar-refractivity contribution in [2.75, 3.05) is 38.0 Å². The van der Waals surface area contributed by atoms with Crippen LogP contribution in [-0.2, 0) is 18.5 Å². The van der Waals surface area contributed by atoms with E-state index in [9.17, 15) is 0 Å². The van der Waals surface area contributed by atoms with E-state index < -0.39 is 0 Å². The maximum absolute atomic E-state index is 4.73. The van der Waals surface area contributed by atoms with Gasteiger partial charge in [0.2, 0.25) is 5.95 Å². The van der Waals surface area contributed by atoms with Crippen LogP contribution in [-0.4, -0.2) is 62.5 Å². The molecule has 4 rings (SSSR count). The van der Waals surface area contributed by atoms with Gasteiger partial charge in [0.15, 0.2) is 0 Å². The number of likely N-dealkylation sites (N-methyl/N-ethyl adjacent to an activating group) is 1. The number of nitrogens with one attached hydrogen (secondary N) is 2. The van der Waals surface area contributed by atoms with Crippen LogP contribution in [0, 0.1) is 0 Å². The van der Waals surface area contributed by atoms with Crippen LogP contribution in [0.15, 0.2) is 18.7 Å². The first-order valence-electron chi connectivity index (χ1n) is 10.3. The van der Waals surface area contributed by atoms with E-state index in [4.69, 9.17) is 4.98 Å². The van der Waals surface area contributed by atoms with E-state index in [0.29, 0.717) is 0 Å². The zero-order valence-electron chi connectivity index (χ0n) is 16.5. The number of fused-ring (bicyclic) bond motifs is 2. The Hall–Kier alpha value is -1.99. The van der Waals surface area contributed by atoms with Gasteiger partial charge in [-0.3, -0.25) is 9.80 Å². The molecule has 0 aliphatic carbocycles. The summed E-state index contributed by atoms with van der Waals surface area (Å²) >= 11 is 0. The maximum atomic E-state index is 4.73. The summed E-state index contributed by atoms with van der Waals surface area (Å²) < 4.78 is 0. The molecule has 2 aromatic heterocycles. The summed E-state index contributed by atoms with van der Waals surface area (Å²) in [5.74, 6) is 0.727. The van der Waals surface area contributed by atoms with E-state index in [1.807, 2.05) is 18.7 Å². The van der Waals surface area contributed by atoms with Crippen LogP contribution in [0.4, 0.5) is 5.95 Å². The molecule has 0 atom stereocenters. The summed E-state index contributed by atoms with van der Waals surface area (Å²) in [6.45, 7) is 10.6. The number of aromatic amines is 1. The zero-order valence-corrected chi connectivity index (χ0v) is 16.5. The SMILES string of the molecule is CCCNc1ncc(CN2CCC3(CC2)c2nc[nH]c2CCN3CC)cn1. The zero-order chi connectivity index (χ0) is 18.7. The van der Waals surface area contributed by atoms with E-state index >= 15 is 0 Å². The molecule has 0 saturated carbocycles. The van der Waals surface area contributed by atoms with E-state index in [-0.39, 0.29) is 5.54 Å². The number of aromatic nitrogens is 4. The van der Waals surface area contributed by atoms with Gasteiger partial charge in [0.1, 0.15) is 0 Å². The summed E-state index contributed by atoms with van der Waals surface area (Å²) in [4.78, 5) is 22.2. The van der Waals surface area contributed by atoms with E-state index in [1.54, 1.807) is 0 Å². The van der Waals surface area contributed by atoms with Crippen LogP contribution in [0.25, 0.3) is 0 Å². The summed E-state index contributed by atoms with van der Waals surface area (Å²) in [5.41, 5.74) is 3.94. The lowest BCUT2D eigenvalue weighted by molar-refractivity contribution is 0.00705. The van der Waals surface area contributed by atoms with Gasteiger partial charge in [-0.2, -0.15) is 0 Å². The molecular weight excluding hydrogens is 338 g/mol. The Morgan fingerprint density at radius 3 is 2.59 bits per heavy atom. The number of imidazole rings is 1. The molecule has 146 valence electrons. The first kappa shape index (κ1) is 18.4. The number of H-pyrrole nitrogens is 1. The van der Waals surface area contributed by atoms with Gasteiger partial charge in [0.05, 0.1) is 17.6 Å². The average molecular weight is 370 g/mol. The minimum absolute atomic E-state index is 0.114. The Morgan fingerprint density at radius 1 is 1.11 bits per heavy atom. The smallest absolute Gasteiger partial charge is 0.222 e. The van der Waals surface area contributed by atoms with E-state index in [2.05, 4.69) is 43.9 Å². The van der Waals surface area contributed by atoms with Gasteiger partial charge in [0.25, 0.3) is 0 Å². The van der Waals surface area contributed by atoms with Crippen molar-refractivity contribution in [2.45, 2.75) is 51.6 Å². The van der Waals surface area contributed by atoms with Crippen LogP contribution >= 0.6 is 0 Å². The molecule has 4 heterocycles. The molecule has 0 bridgehead atoms. The largest absolute Gasteiger partial charge is 0.354 e. The molecule has 0 amide bonds. The fourth-order valence-corrected chi connectivity index (χ4v) is 4.64. The molecule has 1 fully saturated rings. The minimum atomic E-state index is 0.114. The average Bonchev–Trinajstić information content (AvgIpc) is 3.19. The van der Waals surface area contributed by atoms with Gasteiger partial charge in [0, 0.05) is 62.8 Å². The van der Waals surface area contributed by atoms with Crippen LogP contribution in [0.2, 0.25) is 0 Å². The first-order valence-corrected chi connectivity index (χ1v) is 10.3. The molecule has 2 aliphatic heterocycles. The number of hydrogen-bond donors (Lipinski definition) is 2. The van der Waals surface area contributed by atoms with E-state index in [0.717, 1.165) is 70.9 Å². The highest BCUT2D eigenvalue weighted by atomic mass is 15.3. The lowest BCUT2D eigenvalue weighted by Gasteiger charge is -2.50. The van der Waals surface area contributed by atoms with Crippen LogP contribution in [0.3, 0.4) is 0 Å². The van der Waals surface area contributed by atoms with Gasteiger partial charge in [-0.1, -0.05) is 13.8 Å². The van der Waals surface area contributed by atoms with Crippen LogP contribution in [0.1, 0.15) is 50.1 Å². The molecule has 7 heteroatoms. The number of nitrogens with zero attached hydrogens (tertiary/aromatic N) is 5. The van der Waals surface area contributed by atoms with E-state index in [1.165, 1.54) is 17.0 Å². The number of anilines is 1. The third-order valence-electron chi connectivity index (χ3n) is 6.11. The lowest BCUT2D eigenvalue weighted by Crippen LogP contribution is -2.56. The molecule has 0 aromatic carbocycles. The Morgan fingerprint density at radius 2 is 1.89 bits per heavy atom. The van der Waals surface area contributed by atoms with Crippen molar-refractivity contribution < 1.29 is 0 Å². The summed E-state index contributed by atoms with van der Waals surface area (Å²) in [5, 5.41) is 3.23. The summed E-state index contributed by atoms with van der Waals surface area (Å²) in [6.07, 6.45) is 10.2. The Kier molecular flexibility index (Phi) is 5.41. The highest BCUT2D eigenvalue weighted by molar-refractivity contribution is 5.27. The third-order valence-corrected chi connectivity index (χ3v) is 6.11. The first-order chi connectivity index (χ1) is 13.2. The fraction of sp³-hybridized carbons (Fsp3) is 0.650.